The Morgan fingerprint density at radius 1 is 1.53 bits per heavy atom. The Morgan fingerprint density at radius 3 is 3.00 bits per heavy atom. The smallest absolute Gasteiger partial charge is 0.271 e. The topological polar surface area (TPSA) is 98.7 Å². The van der Waals surface area contributed by atoms with Gasteiger partial charge in [-0.1, -0.05) is 11.6 Å². The summed E-state index contributed by atoms with van der Waals surface area (Å²) < 4.78 is 1.37. The van der Waals surface area contributed by atoms with Crippen LogP contribution in [0.5, 0.6) is 0 Å². The molecule has 0 aromatic carbocycles. The van der Waals surface area contributed by atoms with Crippen molar-refractivity contribution < 1.29 is 4.79 Å². The molecule has 0 aliphatic heterocycles. The highest BCUT2D eigenvalue weighted by atomic mass is 35.5. The van der Waals surface area contributed by atoms with Crippen LogP contribution in [0.15, 0.2) is 18.6 Å². The SMILES string of the molecule is CNC(=O)c1ccn(-c2ncnc(Cl)c2N)n1. The Balaban J connectivity index is 2.44. The van der Waals surface area contributed by atoms with Crippen molar-refractivity contribution in [2.45, 2.75) is 0 Å². The number of aromatic nitrogens is 4. The zero-order valence-corrected chi connectivity index (χ0v) is 9.64. The molecule has 0 aliphatic rings. The van der Waals surface area contributed by atoms with E-state index in [9.17, 15) is 4.79 Å². The Bertz CT molecular complexity index is 566. The molecule has 2 rings (SSSR count). The Hall–Kier alpha value is -2.15. The zero-order chi connectivity index (χ0) is 12.4. The molecule has 8 heteroatoms. The van der Waals surface area contributed by atoms with Crippen molar-refractivity contribution in [3.8, 4) is 5.82 Å². The van der Waals surface area contributed by atoms with E-state index in [1.165, 1.54) is 18.1 Å². The highest BCUT2D eigenvalue weighted by molar-refractivity contribution is 6.32. The van der Waals surface area contributed by atoms with Crippen molar-refractivity contribution >= 4 is 23.2 Å². The molecular weight excluding hydrogens is 244 g/mol. The molecule has 0 fully saturated rings. The van der Waals surface area contributed by atoms with Gasteiger partial charge in [0, 0.05) is 13.2 Å². The van der Waals surface area contributed by atoms with Gasteiger partial charge in [0.15, 0.2) is 16.7 Å². The summed E-state index contributed by atoms with van der Waals surface area (Å²) in [4.78, 5) is 19.0. The van der Waals surface area contributed by atoms with E-state index in [2.05, 4.69) is 20.4 Å². The van der Waals surface area contributed by atoms with Gasteiger partial charge < -0.3 is 11.1 Å². The fourth-order valence-corrected chi connectivity index (χ4v) is 1.37. The van der Waals surface area contributed by atoms with E-state index in [1.807, 2.05) is 0 Å². The van der Waals surface area contributed by atoms with E-state index >= 15 is 0 Å². The summed E-state index contributed by atoms with van der Waals surface area (Å²) >= 11 is 5.76. The van der Waals surface area contributed by atoms with Gasteiger partial charge in [-0.05, 0) is 6.07 Å². The van der Waals surface area contributed by atoms with Crippen LogP contribution in [0.4, 0.5) is 5.69 Å². The molecule has 2 aromatic heterocycles. The van der Waals surface area contributed by atoms with E-state index in [4.69, 9.17) is 17.3 Å². The third kappa shape index (κ3) is 2.04. The Kier molecular flexibility index (Phi) is 2.92. The maximum atomic E-state index is 11.3. The molecular formula is C9H9ClN6O. The first-order valence-corrected chi connectivity index (χ1v) is 5.05. The van der Waals surface area contributed by atoms with Crippen molar-refractivity contribution in [1.29, 1.82) is 0 Å². The highest BCUT2D eigenvalue weighted by Crippen LogP contribution is 2.20. The number of hydrogen-bond acceptors (Lipinski definition) is 5. The van der Waals surface area contributed by atoms with Gasteiger partial charge in [-0.25, -0.2) is 14.6 Å². The molecule has 2 heterocycles. The number of rotatable bonds is 2. The van der Waals surface area contributed by atoms with Crippen LogP contribution in [0.3, 0.4) is 0 Å². The van der Waals surface area contributed by atoms with Gasteiger partial charge in [-0.3, -0.25) is 4.79 Å². The van der Waals surface area contributed by atoms with Crippen molar-refractivity contribution in [2.75, 3.05) is 12.8 Å². The number of nitrogen functional groups attached to an aromatic ring is 1. The predicted octanol–water partition coefficient (Wildman–Crippen LogP) is 0.258. The number of carbonyl (C=O) groups excluding carboxylic acids is 1. The number of carbonyl (C=O) groups is 1. The van der Waals surface area contributed by atoms with Crippen LogP contribution in [-0.4, -0.2) is 32.7 Å². The van der Waals surface area contributed by atoms with Gasteiger partial charge >= 0.3 is 0 Å². The predicted molar refractivity (Wildman–Crippen MR) is 62.0 cm³/mol. The molecule has 1 amide bonds. The minimum Gasteiger partial charge on any atom is -0.393 e. The van der Waals surface area contributed by atoms with Gasteiger partial charge in [0.1, 0.15) is 12.0 Å². The lowest BCUT2D eigenvalue weighted by Gasteiger charge is -2.04. The molecule has 0 bridgehead atoms. The van der Waals surface area contributed by atoms with Gasteiger partial charge in [0.25, 0.3) is 5.91 Å². The molecule has 17 heavy (non-hydrogen) atoms. The molecule has 7 nitrogen and oxygen atoms in total. The van der Waals surface area contributed by atoms with E-state index in [0.29, 0.717) is 5.82 Å². The minimum absolute atomic E-state index is 0.145. The second kappa shape index (κ2) is 4.38. The first-order valence-electron chi connectivity index (χ1n) is 4.67. The van der Waals surface area contributed by atoms with E-state index in [0.717, 1.165) is 0 Å². The average molecular weight is 253 g/mol. The van der Waals surface area contributed by atoms with E-state index < -0.39 is 0 Å². The number of nitrogens with one attached hydrogen (secondary N) is 1. The third-order valence-electron chi connectivity index (χ3n) is 2.08. The molecule has 0 aliphatic carbocycles. The van der Waals surface area contributed by atoms with Crippen LogP contribution in [0, 0.1) is 0 Å². The molecule has 0 unspecified atom stereocenters. The third-order valence-corrected chi connectivity index (χ3v) is 2.38. The largest absolute Gasteiger partial charge is 0.393 e. The molecule has 0 saturated heterocycles. The van der Waals surface area contributed by atoms with E-state index in [1.54, 1.807) is 12.3 Å². The number of nitrogens with zero attached hydrogens (tertiary/aromatic N) is 4. The fourth-order valence-electron chi connectivity index (χ4n) is 1.24. The molecule has 0 atom stereocenters. The monoisotopic (exact) mass is 252 g/mol. The lowest BCUT2D eigenvalue weighted by atomic mass is 10.4. The Morgan fingerprint density at radius 2 is 2.29 bits per heavy atom. The summed E-state index contributed by atoms with van der Waals surface area (Å²) in [5.74, 6) is 0.0441. The average Bonchev–Trinajstić information content (AvgIpc) is 2.81. The standard InChI is InChI=1S/C9H9ClN6O/c1-12-9(17)5-2-3-16(15-5)8-6(11)7(10)13-4-14-8/h2-4H,11H2,1H3,(H,12,17). The lowest BCUT2D eigenvalue weighted by Crippen LogP contribution is -2.18. The first-order chi connectivity index (χ1) is 8.13. The molecule has 0 spiro atoms. The van der Waals surface area contributed by atoms with E-state index in [-0.39, 0.29) is 22.4 Å². The number of halogens is 1. The second-order valence-corrected chi connectivity index (χ2v) is 3.48. The summed E-state index contributed by atoms with van der Waals surface area (Å²) in [7, 11) is 1.53. The van der Waals surface area contributed by atoms with Crippen LogP contribution < -0.4 is 11.1 Å². The summed E-state index contributed by atoms with van der Waals surface area (Å²) in [5.41, 5.74) is 6.19. The minimum atomic E-state index is -0.289. The molecule has 0 saturated carbocycles. The number of hydrogen-bond donors (Lipinski definition) is 2. The second-order valence-electron chi connectivity index (χ2n) is 3.13. The summed E-state index contributed by atoms with van der Waals surface area (Å²) in [6.07, 6.45) is 2.84. The van der Waals surface area contributed by atoms with Gasteiger partial charge in [-0.15, -0.1) is 0 Å². The molecule has 3 N–H and O–H groups in total. The lowest BCUT2D eigenvalue weighted by molar-refractivity contribution is 0.0957. The maximum Gasteiger partial charge on any atom is 0.271 e. The summed E-state index contributed by atoms with van der Waals surface area (Å²) in [5, 5.41) is 6.64. The normalized spacial score (nSPS) is 10.2. The van der Waals surface area contributed by atoms with Crippen LogP contribution in [0.1, 0.15) is 10.5 Å². The van der Waals surface area contributed by atoms with Crippen LogP contribution in [-0.2, 0) is 0 Å². The van der Waals surface area contributed by atoms with Gasteiger partial charge in [-0.2, -0.15) is 5.10 Å². The van der Waals surface area contributed by atoms with Crippen LogP contribution in [0.25, 0.3) is 5.82 Å². The number of anilines is 1. The van der Waals surface area contributed by atoms with Gasteiger partial charge in [0.05, 0.1) is 0 Å². The number of amides is 1. The molecule has 2 aromatic rings. The quantitative estimate of drug-likeness (QED) is 0.747. The fraction of sp³-hybridized carbons (Fsp3) is 0.111. The van der Waals surface area contributed by atoms with Crippen molar-refractivity contribution in [2.24, 2.45) is 0 Å². The summed E-state index contributed by atoms with van der Waals surface area (Å²) in [6, 6.07) is 1.55. The Labute approximate surface area is 102 Å². The van der Waals surface area contributed by atoms with Crippen molar-refractivity contribution in [3.05, 3.63) is 29.4 Å². The van der Waals surface area contributed by atoms with Crippen LogP contribution >= 0.6 is 11.6 Å². The maximum absolute atomic E-state index is 11.3. The van der Waals surface area contributed by atoms with Gasteiger partial charge in [0.2, 0.25) is 0 Å². The highest BCUT2D eigenvalue weighted by Gasteiger charge is 2.12. The molecule has 88 valence electrons. The summed E-state index contributed by atoms with van der Waals surface area (Å²) in [6.45, 7) is 0. The van der Waals surface area contributed by atoms with Crippen molar-refractivity contribution in [1.82, 2.24) is 25.1 Å². The van der Waals surface area contributed by atoms with Crippen LogP contribution in [0.2, 0.25) is 5.15 Å². The first kappa shape index (κ1) is 11.3. The zero-order valence-electron chi connectivity index (χ0n) is 8.88. The molecule has 0 radical (unpaired) electrons. The number of nitrogens with two attached hydrogens (primary N) is 1. The van der Waals surface area contributed by atoms with Crippen molar-refractivity contribution in [3.63, 3.8) is 0 Å².